The van der Waals surface area contributed by atoms with Gasteiger partial charge in [0.05, 0.1) is 10.5 Å². The van der Waals surface area contributed by atoms with E-state index in [0.29, 0.717) is 5.56 Å². The Morgan fingerprint density at radius 2 is 1.32 bits per heavy atom. The molecule has 3 nitrogen and oxygen atoms in total. The van der Waals surface area contributed by atoms with E-state index >= 15 is 0 Å². The van der Waals surface area contributed by atoms with Gasteiger partial charge in [0.1, 0.15) is 0 Å². The van der Waals surface area contributed by atoms with Gasteiger partial charge in [-0.15, -0.1) is 0 Å². The molecule has 4 rings (SSSR count). The predicted molar refractivity (Wildman–Crippen MR) is 101 cm³/mol. The third-order valence-electron chi connectivity index (χ3n) is 4.38. The molecular weight excluding hydrogens is 310 g/mol. The zero-order valence-electron chi connectivity index (χ0n) is 13.4. The fourth-order valence-electron chi connectivity index (χ4n) is 3.26. The number of nitrogens with zero attached hydrogens (tertiary/aromatic N) is 1. The Hall–Kier alpha value is -3.46. The van der Waals surface area contributed by atoms with Crippen LogP contribution >= 0.6 is 0 Å². The van der Waals surface area contributed by atoms with Crippen LogP contribution in [0.25, 0.3) is 33.0 Å². The van der Waals surface area contributed by atoms with E-state index in [1.807, 2.05) is 72.8 Å². The fraction of sp³-hybridized carbons (Fsp3) is 0. The summed E-state index contributed by atoms with van der Waals surface area (Å²) in [6.07, 6.45) is 0. The van der Waals surface area contributed by atoms with Crippen molar-refractivity contribution in [3.05, 3.63) is 101 Å². The molecule has 0 saturated heterocycles. The third-order valence-corrected chi connectivity index (χ3v) is 4.38. The second-order valence-corrected chi connectivity index (χ2v) is 5.85. The molecule has 0 saturated carbocycles. The third kappa shape index (κ3) is 2.66. The Balaban J connectivity index is 2.13. The summed E-state index contributed by atoms with van der Waals surface area (Å²) < 4.78 is 0. The van der Waals surface area contributed by atoms with E-state index in [4.69, 9.17) is 0 Å². The van der Waals surface area contributed by atoms with E-state index in [0.717, 1.165) is 27.5 Å². The van der Waals surface area contributed by atoms with Crippen LogP contribution in [-0.2, 0) is 0 Å². The average Bonchev–Trinajstić information content (AvgIpc) is 2.67. The summed E-state index contributed by atoms with van der Waals surface area (Å²) in [7, 11) is 0. The number of nitro benzene ring substituents is 1. The molecule has 4 aromatic carbocycles. The molecule has 0 bridgehead atoms. The normalized spacial score (nSPS) is 10.7. The standard InChI is InChI=1S/C22H15NO2/c24-23(25)21-13-7-6-12-20(21)22-18-11-5-4-10-17(18)14-15-19(22)16-8-2-1-3-9-16/h1-15H. The van der Waals surface area contributed by atoms with Gasteiger partial charge in [-0.25, -0.2) is 0 Å². The molecule has 0 aliphatic rings. The van der Waals surface area contributed by atoms with E-state index in [1.165, 1.54) is 0 Å². The minimum Gasteiger partial charge on any atom is -0.258 e. The lowest BCUT2D eigenvalue weighted by Crippen LogP contribution is -1.94. The minimum atomic E-state index is -0.314. The highest BCUT2D eigenvalue weighted by atomic mass is 16.6. The summed E-state index contributed by atoms with van der Waals surface area (Å²) in [6, 6.07) is 29.0. The van der Waals surface area contributed by atoms with Gasteiger partial charge in [0, 0.05) is 11.6 Å². The molecule has 0 spiro atoms. The number of nitro groups is 1. The molecule has 120 valence electrons. The lowest BCUT2D eigenvalue weighted by atomic mass is 9.89. The van der Waals surface area contributed by atoms with Gasteiger partial charge in [0.25, 0.3) is 5.69 Å². The van der Waals surface area contributed by atoms with Crippen molar-refractivity contribution in [3.63, 3.8) is 0 Å². The highest BCUT2D eigenvalue weighted by Gasteiger charge is 2.19. The Kier molecular flexibility index (Phi) is 3.75. The maximum Gasteiger partial charge on any atom is 0.277 e. The Bertz CT molecular complexity index is 1070. The molecule has 0 aliphatic carbocycles. The summed E-state index contributed by atoms with van der Waals surface area (Å²) in [5, 5.41) is 13.7. The molecular formula is C22H15NO2. The van der Waals surface area contributed by atoms with Gasteiger partial charge in [-0.05, 0) is 28.0 Å². The van der Waals surface area contributed by atoms with Gasteiger partial charge >= 0.3 is 0 Å². The Morgan fingerprint density at radius 3 is 2.12 bits per heavy atom. The first kappa shape index (κ1) is 15.1. The predicted octanol–water partition coefficient (Wildman–Crippen LogP) is 6.08. The lowest BCUT2D eigenvalue weighted by Gasteiger charge is -2.14. The largest absolute Gasteiger partial charge is 0.277 e. The number of benzene rings is 4. The highest BCUT2D eigenvalue weighted by Crippen LogP contribution is 2.41. The molecule has 0 N–H and O–H groups in total. The molecule has 0 fully saturated rings. The SMILES string of the molecule is O=[N+]([O-])c1ccccc1-c1c(-c2ccccc2)ccc2ccccc12. The van der Waals surface area contributed by atoms with Crippen molar-refractivity contribution in [1.82, 2.24) is 0 Å². The summed E-state index contributed by atoms with van der Waals surface area (Å²) in [4.78, 5) is 11.3. The minimum absolute atomic E-state index is 0.121. The molecule has 0 radical (unpaired) electrons. The lowest BCUT2D eigenvalue weighted by molar-refractivity contribution is -0.384. The smallest absolute Gasteiger partial charge is 0.258 e. The van der Waals surface area contributed by atoms with Crippen LogP contribution in [0.5, 0.6) is 0 Å². The van der Waals surface area contributed by atoms with Crippen LogP contribution in [0.1, 0.15) is 0 Å². The van der Waals surface area contributed by atoms with Gasteiger partial charge in [-0.3, -0.25) is 10.1 Å². The summed E-state index contributed by atoms with van der Waals surface area (Å²) in [6.45, 7) is 0. The molecule has 0 heterocycles. The van der Waals surface area contributed by atoms with Crippen molar-refractivity contribution in [1.29, 1.82) is 0 Å². The maximum absolute atomic E-state index is 11.6. The topological polar surface area (TPSA) is 43.1 Å². The van der Waals surface area contributed by atoms with Gasteiger partial charge in [0.2, 0.25) is 0 Å². The van der Waals surface area contributed by atoms with Crippen molar-refractivity contribution in [2.24, 2.45) is 0 Å². The van der Waals surface area contributed by atoms with Crippen molar-refractivity contribution < 1.29 is 4.92 Å². The molecule has 0 amide bonds. The van der Waals surface area contributed by atoms with Gasteiger partial charge in [-0.2, -0.15) is 0 Å². The number of hydrogen-bond donors (Lipinski definition) is 0. The molecule has 3 heteroatoms. The Labute approximate surface area is 145 Å². The summed E-state index contributed by atoms with van der Waals surface area (Å²) in [5.74, 6) is 0. The first-order chi connectivity index (χ1) is 12.3. The summed E-state index contributed by atoms with van der Waals surface area (Å²) in [5.41, 5.74) is 3.70. The van der Waals surface area contributed by atoms with Gasteiger partial charge < -0.3 is 0 Å². The van der Waals surface area contributed by atoms with E-state index in [-0.39, 0.29) is 10.6 Å². The van der Waals surface area contributed by atoms with Crippen molar-refractivity contribution in [3.8, 4) is 22.3 Å². The van der Waals surface area contributed by atoms with Crippen molar-refractivity contribution >= 4 is 16.5 Å². The molecule has 0 aliphatic heterocycles. The van der Waals surface area contributed by atoms with Crippen molar-refractivity contribution in [2.45, 2.75) is 0 Å². The summed E-state index contributed by atoms with van der Waals surface area (Å²) >= 11 is 0. The van der Waals surface area contributed by atoms with Crippen molar-refractivity contribution in [2.75, 3.05) is 0 Å². The highest BCUT2D eigenvalue weighted by molar-refractivity contribution is 6.05. The number of hydrogen-bond acceptors (Lipinski definition) is 2. The van der Waals surface area contributed by atoms with Crippen LogP contribution in [0.3, 0.4) is 0 Å². The van der Waals surface area contributed by atoms with Gasteiger partial charge in [-0.1, -0.05) is 78.9 Å². The van der Waals surface area contributed by atoms with E-state index in [1.54, 1.807) is 12.1 Å². The monoisotopic (exact) mass is 325 g/mol. The van der Waals surface area contributed by atoms with Crippen LogP contribution in [0.2, 0.25) is 0 Å². The molecule has 25 heavy (non-hydrogen) atoms. The molecule has 0 atom stereocenters. The van der Waals surface area contributed by atoms with Crippen LogP contribution in [-0.4, -0.2) is 4.92 Å². The number of fused-ring (bicyclic) bond motifs is 1. The first-order valence-electron chi connectivity index (χ1n) is 8.06. The van der Waals surface area contributed by atoms with E-state index in [2.05, 4.69) is 6.07 Å². The fourth-order valence-corrected chi connectivity index (χ4v) is 3.26. The zero-order chi connectivity index (χ0) is 17.2. The number of para-hydroxylation sites is 1. The molecule has 0 unspecified atom stereocenters. The second kappa shape index (κ2) is 6.21. The second-order valence-electron chi connectivity index (χ2n) is 5.85. The maximum atomic E-state index is 11.6. The van der Waals surface area contributed by atoms with Crippen LogP contribution in [0.15, 0.2) is 91.0 Å². The van der Waals surface area contributed by atoms with Gasteiger partial charge in [0.15, 0.2) is 0 Å². The Morgan fingerprint density at radius 1 is 0.640 bits per heavy atom. The average molecular weight is 325 g/mol. The quantitative estimate of drug-likeness (QED) is 0.338. The van der Waals surface area contributed by atoms with Crippen LogP contribution < -0.4 is 0 Å². The van der Waals surface area contributed by atoms with Crippen LogP contribution in [0, 0.1) is 10.1 Å². The number of rotatable bonds is 3. The molecule has 0 aromatic heterocycles. The molecule has 4 aromatic rings. The van der Waals surface area contributed by atoms with E-state index < -0.39 is 0 Å². The zero-order valence-corrected chi connectivity index (χ0v) is 13.4. The van der Waals surface area contributed by atoms with E-state index in [9.17, 15) is 10.1 Å². The van der Waals surface area contributed by atoms with Crippen LogP contribution in [0.4, 0.5) is 5.69 Å². The first-order valence-corrected chi connectivity index (χ1v) is 8.06.